The largest absolute Gasteiger partial charge is 0.372 e. The number of nitrogens with zero attached hydrogens (tertiary/aromatic N) is 1. The van der Waals surface area contributed by atoms with Gasteiger partial charge in [0.15, 0.2) is 0 Å². The molecule has 0 aromatic rings. The lowest BCUT2D eigenvalue weighted by Gasteiger charge is -2.28. The van der Waals surface area contributed by atoms with Crippen molar-refractivity contribution in [2.45, 2.75) is 25.0 Å². The van der Waals surface area contributed by atoms with E-state index < -0.39 is 10.8 Å². The van der Waals surface area contributed by atoms with Crippen LogP contribution in [0.25, 0.3) is 0 Å². The van der Waals surface area contributed by atoms with E-state index in [4.69, 9.17) is 10.5 Å². The molecule has 5 heteroatoms. The summed E-state index contributed by atoms with van der Waals surface area (Å²) in [5.41, 5.74) is 5.57. The molecule has 0 aliphatic carbocycles. The molecule has 2 aliphatic rings. The molecule has 0 radical (unpaired) electrons. The number of hydrogen-bond acceptors (Lipinski definition) is 4. The van der Waals surface area contributed by atoms with E-state index in [1.807, 2.05) is 0 Å². The van der Waals surface area contributed by atoms with Gasteiger partial charge in [0, 0.05) is 48.5 Å². The average molecular weight is 232 g/mol. The Morgan fingerprint density at radius 3 is 2.53 bits per heavy atom. The van der Waals surface area contributed by atoms with Crippen LogP contribution in [0.5, 0.6) is 0 Å². The van der Waals surface area contributed by atoms with Crippen LogP contribution in [0.4, 0.5) is 0 Å². The Hall–Kier alpha value is 0.0300. The third-order valence-electron chi connectivity index (χ3n) is 3.19. The van der Waals surface area contributed by atoms with Crippen molar-refractivity contribution in [3.63, 3.8) is 0 Å². The van der Waals surface area contributed by atoms with E-state index in [0.29, 0.717) is 12.6 Å². The van der Waals surface area contributed by atoms with Crippen molar-refractivity contribution in [3.8, 4) is 0 Å². The molecule has 2 aliphatic heterocycles. The Bertz CT molecular complexity index is 227. The van der Waals surface area contributed by atoms with Gasteiger partial charge in [0.25, 0.3) is 0 Å². The highest BCUT2D eigenvalue weighted by Gasteiger charge is 2.26. The summed E-state index contributed by atoms with van der Waals surface area (Å²) >= 11 is 0. The third-order valence-corrected chi connectivity index (χ3v) is 4.47. The Kier molecular flexibility index (Phi) is 4.13. The molecule has 2 atom stereocenters. The lowest BCUT2D eigenvalue weighted by atomic mass is 10.2. The average Bonchev–Trinajstić information content (AvgIpc) is 2.69. The van der Waals surface area contributed by atoms with Gasteiger partial charge in [-0.1, -0.05) is 0 Å². The van der Waals surface area contributed by atoms with Crippen LogP contribution in [-0.4, -0.2) is 59.0 Å². The van der Waals surface area contributed by atoms with E-state index in [1.54, 1.807) is 0 Å². The first-order chi connectivity index (χ1) is 7.28. The zero-order valence-electron chi connectivity index (χ0n) is 9.06. The summed E-state index contributed by atoms with van der Waals surface area (Å²) in [6, 6.07) is 0. The van der Waals surface area contributed by atoms with Crippen LogP contribution in [0.1, 0.15) is 12.8 Å². The quantitative estimate of drug-likeness (QED) is 0.716. The number of hydrogen-bond donors (Lipinski definition) is 1. The van der Waals surface area contributed by atoms with Gasteiger partial charge in [-0.15, -0.1) is 0 Å². The molecule has 2 saturated heterocycles. The molecule has 0 amide bonds. The second-order valence-electron chi connectivity index (χ2n) is 4.34. The standard InChI is InChI=1S/C10H20N2O2S/c11-7-9-1-2-10(14-9)8-12-3-5-15(13)6-4-12/h9-10H,1-8,11H2. The minimum absolute atomic E-state index is 0.272. The fourth-order valence-electron chi connectivity index (χ4n) is 2.23. The fourth-order valence-corrected chi connectivity index (χ4v) is 3.36. The van der Waals surface area contributed by atoms with Crippen molar-refractivity contribution >= 4 is 10.8 Å². The lowest BCUT2D eigenvalue weighted by Crippen LogP contribution is -2.42. The first-order valence-corrected chi connectivity index (χ1v) is 7.19. The zero-order valence-corrected chi connectivity index (χ0v) is 9.88. The topological polar surface area (TPSA) is 55.6 Å². The fraction of sp³-hybridized carbons (Fsp3) is 1.00. The van der Waals surface area contributed by atoms with Gasteiger partial charge in [0.2, 0.25) is 0 Å². The molecule has 0 spiro atoms. The Morgan fingerprint density at radius 1 is 1.27 bits per heavy atom. The summed E-state index contributed by atoms with van der Waals surface area (Å²) in [5.74, 6) is 1.65. The number of ether oxygens (including phenoxy) is 1. The van der Waals surface area contributed by atoms with E-state index in [1.165, 1.54) is 0 Å². The van der Waals surface area contributed by atoms with Gasteiger partial charge in [-0.25, -0.2) is 0 Å². The monoisotopic (exact) mass is 232 g/mol. The van der Waals surface area contributed by atoms with Gasteiger partial charge in [0.1, 0.15) is 0 Å². The molecule has 0 saturated carbocycles. The second-order valence-corrected chi connectivity index (χ2v) is 6.04. The van der Waals surface area contributed by atoms with Crippen molar-refractivity contribution in [1.29, 1.82) is 0 Å². The van der Waals surface area contributed by atoms with Crippen molar-refractivity contribution < 1.29 is 8.95 Å². The van der Waals surface area contributed by atoms with Crippen molar-refractivity contribution in [3.05, 3.63) is 0 Å². The summed E-state index contributed by atoms with van der Waals surface area (Å²) < 4.78 is 17.0. The molecule has 2 rings (SSSR count). The predicted octanol–water partition coefficient (Wildman–Crippen LogP) is -0.443. The van der Waals surface area contributed by atoms with Crippen LogP contribution in [-0.2, 0) is 15.5 Å². The molecule has 2 N–H and O–H groups in total. The van der Waals surface area contributed by atoms with Crippen LogP contribution >= 0.6 is 0 Å². The van der Waals surface area contributed by atoms with E-state index in [9.17, 15) is 4.21 Å². The van der Waals surface area contributed by atoms with Crippen LogP contribution in [0.2, 0.25) is 0 Å². The van der Waals surface area contributed by atoms with Crippen molar-refractivity contribution in [1.82, 2.24) is 4.90 Å². The molecular weight excluding hydrogens is 212 g/mol. The van der Waals surface area contributed by atoms with Gasteiger partial charge in [-0.3, -0.25) is 9.11 Å². The van der Waals surface area contributed by atoms with E-state index in [0.717, 1.165) is 44.0 Å². The molecule has 2 fully saturated rings. The molecular formula is C10H20N2O2S. The summed E-state index contributed by atoms with van der Waals surface area (Å²) in [6.45, 7) is 3.55. The van der Waals surface area contributed by atoms with Crippen LogP contribution in [0.3, 0.4) is 0 Å². The Labute approximate surface area is 93.6 Å². The van der Waals surface area contributed by atoms with Crippen LogP contribution < -0.4 is 5.73 Å². The highest BCUT2D eigenvalue weighted by atomic mass is 32.2. The zero-order chi connectivity index (χ0) is 10.7. The Morgan fingerprint density at radius 2 is 1.93 bits per heavy atom. The van der Waals surface area contributed by atoms with Gasteiger partial charge >= 0.3 is 0 Å². The predicted molar refractivity (Wildman–Crippen MR) is 61.3 cm³/mol. The maximum Gasteiger partial charge on any atom is 0.0707 e. The maximum atomic E-state index is 11.2. The molecule has 0 aromatic heterocycles. The number of rotatable bonds is 3. The smallest absolute Gasteiger partial charge is 0.0707 e. The molecule has 4 nitrogen and oxygen atoms in total. The molecule has 88 valence electrons. The first-order valence-electron chi connectivity index (χ1n) is 5.71. The van der Waals surface area contributed by atoms with E-state index >= 15 is 0 Å². The number of nitrogens with two attached hydrogens (primary N) is 1. The summed E-state index contributed by atoms with van der Waals surface area (Å²) in [6.07, 6.45) is 2.85. The van der Waals surface area contributed by atoms with Crippen LogP contribution in [0, 0.1) is 0 Å². The summed E-state index contributed by atoms with van der Waals surface area (Å²) in [7, 11) is -0.575. The minimum atomic E-state index is -0.575. The van der Waals surface area contributed by atoms with Gasteiger partial charge in [-0.05, 0) is 12.8 Å². The van der Waals surface area contributed by atoms with Crippen LogP contribution in [0.15, 0.2) is 0 Å². The molecule has 0 aromatic carbocycles. The van der Waals surface area contributed by atoms with E-state index in [-0.39, 0.29) is 6.10 Å². The minimum Gasteiger partial charge on any atom is -0.372 e. The summed E-state index contributed by atoms with van der Waals surface area (Å²) in [4.78, 5) is 2.37. The highest BCUT2D eigenvalue weighted by molar-refractivity contribution is 7.85. The van der Waals surface area contributed by atoms with Gasteiger partial charge < -0.3 is 10.5 Å². The molecule has 15 heavy (non-hydrogen) atoms. The van der Waals surface area contributed by atoms with Crippen molar-refractivity contribution in [2.75, 3.05) is 37.7 Å². The second kappa shape index (κ2) is 5.39. The summed E-state index contributed by atoms with van der Waals surface area (Å²) in [5, 5.41) is 0. The SMILES string of the molecule is NCC1CCC(CN2CCS(=O)CC2)O1. The molecule has 0 bridgehead atoms. The van der Waals surface area contributed by atoms with Gasteiger partial charge in [-0.2, -0.15) is 0 Å². The van der Waals surface area contributed by atoms with Gasteiger partial charge in [0.05, 0.1) is 12.2 Å². The third kappa shape index (κ3) is 3.24. The van der Waals surface area contributed by atoms with E-state index in [2.05, 4.69) is 4.90 Å². The Balaban J connectivity index is 1.71. The molecule has 2 heterocycles. The lowest BCUT2D eigenvalue weighted by molar-refractivity contribution is 0.0288. The molecule has 2 unspecified atom stereocenters. The van der Waals surface area contributed by atoms with Crippen molar-refractivity contribution in [2.24, 2.45) is 5.73 Å². The maximum absolute atomic E-state index is 11.2. The highest BCUT2D eigenvalue weighted by Crippen LogP contribution is 2.20. The first kappa shape index (κ1) is 11.5. The normalized spacial score (nSPS) is 34.7.